The number of nitrogens with zero attached hydrogens (tertiary/aromatic N) is 6. The minimum absolute atomic E-state index is 0.0744. The number of alkyl halides is 3. The zero-order valence-corrected chi connectivity index (χ0v) is 20.2. The Morgan fingerprint density at radius 3 is 2.56 bits per heavy atom. The second-order valence-electron chi connectivity index (χ2n) is 7.55. The van der Waals surface area contributed by atoms with Crippen LogP contribution in [-0.2, 0) is 27.9 Å². The highest BCUT2D eigenvalue weighted by Gasteiger charge is 2.50. The predicted molar refractivity (Wildman–Crippen MR) is 124 cm³/mol. The molecule has 0 saturated carbocycles. The molecule has 0 saturated heterocycles. The Hall–Kier alpha value is -3.43. The standard InChI is InChI=1S/C20H19ClF3N7O4S/c1-35-11-16-17(30-10-14(21)9-26-19(30)28-16)18(32)25-8-13-2-4-15(5-3-13)31-7-6-29(12-27-31)36(33,34)20(22,23)24/h2-5,9-10,12H,6-8,11H2,1H3,(H,25,32). The van der Waals surface area contributed by atoms with Crippen LogP contribution in [0.1, 0.15) is 21.7 Å². The summed E-state index contributed by atoms with van der Waals surface area (Å²) in [6, 6.07) is 6.71. The van der Waals surface area contributed by atoms with Gasteiger partial charge in [-0.05, 0) is 17.7 Å². The monoisotopic (exact) mass is 545 g/mol. The van der Waals surface area contributed by atoms with E-state index < -0.39 is 28.0 Å². The molecule has 11 nitrogen and oxygen atoms in total. The maximum atomic E-state index is 12.9. The summed E-state index contributed by atoms with van der Waals surface area (Å²) in [4.78, 5) is 21.3. The van der Waals surface area contributed by atoms with Crippen molar-refractivity contribution >= 4 is 45.3 Å². The molecule has 4 rings (SSSR count). The number of anilines is 1. The fourth-order valence-electron chi connectivity index (χ4n) is 3.43. The molecule has 1 N–H and O–H groups in total. The first-order chi connectivity index (χ1) is 17.0. The van der Waals surface area contributed by atoms with Gasteiger partial charge in [-0.1, -0.05) is 23.7 Å². The van der Waals surface area contributed by atoms with Crippen LogP contribution in [-0.4, -0.2) is 65.0 Å². The molecule has 3 aromatic rings. The molecule has 0 bridgehead atoms. The molecule has 1 aliphatic heterocycles. The number of nitrogens with one attached hydrogen (secondary N) is 1. The Morgan fingerprint density at radius 2 is 1.94 bits per heavy atom. The normalized spacial score (nSPS) is 14.5. The highest BCUT2D eigenvalue weighted by atomic mass is 35.5. The van der Waals surface area contributed by atoms with Crippen LogP contribution in [0.2, 0.25) is 5.02 Å². The summed E-state index contributed by atoms with van der Waals surface area (Å²) < 4.78 is 67.8. The molecule has 0 aliphatic carbocycles. The zero-order chi connectivity index (χ0) is 26.1. The van der Waals surface area contributed by atoms with Gasteiger partial charge in [0.25, 0.3) is 5.91 Å². The summed E-state index contributed by atoms with van der Waals surface area (Å²) in [5, 5.41) is 8.31. The number of fused-ring (bicyclic) bond motifs is 1. The summed E-state index contributed by atoms with van der Waals surface area (Å²) in [5.74, 6) is -0.126. The third-order valence-electron chi connectivity index (χ3n) is 5.16. The number of methoxy groups -OCH3 is 1. The lowest BCUT2D eigenvalue weighted by Gasteiger charge is -2.29. The zero-order valence-electron chi connectivity index (χ0n) is 18.6. The molecule has 1 aliphatic rings. The van der Waals surface area contributed by atoms with Crippen LogP contribution in [0.3, 0.4) is 0 Å². The molecule has 2 aromatic heterocycles. The Bertz CT molecular complexity index is 1410. The number of benzene rings is 1. The highest BCUT2D eigenvalue weighted by Crippen LogP contribution is 2.27. The van der Waals surface area contributed by atoms with Crippen molar-refractivity contribution in [2.45, 2.75) is 18.7 Å². The van der Waals surface area contributed by atoms with E-state index in [4.69, 9.17) is 16.3 Å². The van der Waals surface area contributed by atoms with Gasteiger partial charge in [0.15, 0.2) is 0 Å². The quantitative estimate of drug-likeness (QED) is 0.484. The number of imidazole rings is 1. The van der Waals surface area contributed by atoms with Gasteiger partial charge in [-0.2, -0.15) is 26.7 Å². The van der Waals surface area contributed by atoms with Crippen LogP contribution in [0.4, 0.5) is 18.9 Å². The molecule has 0 atom stereocenters. The molecule has 0 fully saturated rings. The molecule has 192 valence electrons. The van der Waals surface area contributed by atoms with E-state index in [0.717, 1.165) is 5.56 Å². The SMILES string of the molecule is COCc1nc2ncc(Cl)cn2c1C(=O)NCc1ccc(N2CCN(S(=O)(=O)C(F)(F)F)C=N2)cc1. The minimum Gasteiger partial charge on any atom is -0.378 e. The van der Waals surface area contributed by atoms with E-state index in [2.05, 4.69) is 20.4 Å². The van der Waals surface area contributed by atoms with E-state index in [1.165, 1.54) is 28.9 Å². The third kappa shape index (κ3) is 5.08. The second kappa shape index (κ2) is 9.91. The van der Waals surface area contributed by atoms with Crippen LogP contribution in [0, 0.1) is 0 Å². The molecule has 16 heteroatoms. The summed E-state index contributed by atoms with van der Waals surface area (Å²) in [7, 11) is -4.00. The van der Waals surface area contributed by atoms with Crippen LogP contribution < -0.4 is 10.3 Å². The maximum Gasteiger partial charge on any atom is 0.516 e. The first-order valence-corrected chi connectivity index (χ1v) is 12.1. The van der Waals surface area contributed by atoms with Crippen molar-refractivity contribution in [3.8, 4) is 0 Å². The van der Waals surface area contributed by atoms with Gasteiger partial charge in [-0.25, -0.2) is 14.3 Å². The van der Waals surface area contributed by atoms with Crippen LogP contribution in [0.15, 0.2) is 41.8 Å². The largest absolute Gasteiger partial charge is 0.516 e. The fraction of sp³-hybridized carbons (Fsp3) is 0.300. The van der Waals surface area contributed by atoms with Crippen molar-refractivity contribution < 1.29 is 31.1 Å². The number of hydrazone groups is 1. The summed E-state index contributed by atoms with van der Waals surface area (Å²) in [5.41, 5.74) is -3.50. The van der Waals surface area contributed by atoms with Crippen molar-refractivity contribution in [2.24, 2.45) is 5.10 Å². The number of hydrogen-bond acceptors (Lipinski definition) is 8. The van der Waals surface area contributed by atoms with Gasteiger partial charge in [-0.3, -0.25) is 14.2 Å². The number of hydrogen-bond donors (Lipinski definition) is 1. The molecular weight excluding hydrogens is 527 g/mol. The van der Waals surface area contributed by atoms with E-state index >= 15 is 0 Å². The lowest BCUT2D eigenvalue weighted by molar-refractivity contribution is -0.0471. The molecule has 1 amide bonds. The first-order valence-electron chi connectivity index (χ1n) is 10.3. The summed E-state index contributed by atoms with van der Waals surface area (Å²) in [6.07, 6.45) is 3.58. The number of halogens is 4. The van der Waals surface area contributed by atoms with Gasteiger partial charge < -0.3 is 10.1 Å². The summed E-state index contributed by atoms with van der Waals surface area (Å²) >= 11 is 6.01. The van der Waals surface area contributed by atoms with Gasteiger partial charge in [0.05, 0.1) is 42.3 Å². The Kier molecular flexibility index (Phi) is 7.06. The molecule has 0 radical (unpaired) electrons. The summed E-state index contributed by atoms with van der Waals surface area (Å²) in [6.45, 7) is -0.232. The number of amides is 1. The van der Waals surface area contributed by atoms with E-state index in [1.54, 1.807) is 24.3 Å². The number of rotatable bonds is 7. The van der Waals surface area contributed by atoms with Gasteiger partial charge in [0, 0.05) is 19.9 Å². The first kappa shape index (κ1) is 25.7. The van der Waals surface area contributed by atoms with Gasteiger partial charge in [0.2, 0.25) is 5.78 Å². The lowest BCUT2D eigenvalue weighted by Crippen LogP contribution is -2.46. The Balaban J connectivity index is 1.43. The smallest absolute Gasteiger partial charge is 0.378 e. The fourth-order valence-corrected chi connectivity index (χ4v) is 4.33. The number of carbonyl (C=O) groups is 1. The van der Waals surface area contributed by atoms with Gasteiger partial charge in [0.1, 0.15) is 12.0 Å². The van der Waals surface area contributed by atoms with E-state index in [1.807, 2.05) is 0 Å². The molecule has 1 aromatic carbocycles. The van der Waals surface area contributed by atoms with E-state index in [0.29, 0.717) is 28.5 Å². The third-order valence-corrected chi connectivity index (χ3v) is 6.83. The Labute approximate surface area is 208 Å². The van der Waals surface area contributed by atoms with Gasteiger partial charge >= 0.3 is 15.5 Å². The van der Waals surface area contributed by atoms with Crippen molar-refractivity contribution in [1.29, 1.82) is 0 Å². The van der Waals surface area contributed by atoms with Gasteiger partial charge in [-0.15, -0.1) is 0 Å². The van der Waals surface area contributed by atoms with Crippen LogP contribution >= 0.6 is 11.6 Å². The number of ether oxygens (including phenoxy) is 1. The average Bonchev–Trinajstić information content (AvgIpc) is 3.19. The Morgan fingerprint density at radius 1 is 1.22 bits per heavy atom. The second-order valence-corrected chi connectivity index (χ2v) is 9.87. The van der Waals surface area contributed by atoms with Crippen molar-refractivity contribution in [3.63, 3.8) is 0 Å². The molecule has 0 unspecified atom stereocenters. The molecule has 36 heavy (non-hydrogen) atoms. The molecular formula is C20H19ClF3N7O4S. The minimum atomic E-state index is -5.48. The van der Waals surface area contributed by atoms with Crippen molar-refractivity contribution in [3.05, 3.63) is 58.6 Å². The molecule has 0 spiro atoms. The van der Waals surface area contributed by atoms with Crippen LogP contribution in [0.5, 0.6) is 0 Å². The van der Waals surface area contributed by atoms with E-state index in [-0.39, 0.29) is 29.7 Å². The maximum absolute atomic E-state index is 12.9. The highest BCUT2D eigenvalue weighted by molar-refractivity contribution is 7.90. The average molecular weight is 546 g/mol. The lowest BCUT2D eigenvalue weighted by atomic mass is 10.2. The van der Waals surface area contributed by atoms with E-state index in [9.17, 15) is 26.4 Å². The van der Waals surface area contributed by atoms with Crippen LogP contribution in [0.25, 0.3) is 5.78 Å². The molecule has 3 heterocycles. The number of aromatic nitrogens is 3. The topological polar surface area (TPSA) is 121 Å². The number of carbonyl (C=O) groups excluding carboxylic acids is 1. The van der Waals surface area contributed by atoms with Crippen molar-refractivity contribution in [1.82, 2.24) is 24.0 Å². The predicted octanol–water partition coefficient (Wildman–Crippen LogP) is 2.37. The number of sulfonamides is 1. The van der Waals surface area contributed by atoms with Crippen molar-refractivity contribution in [2.75, 3.05) is 25.2 Å².